The minimum atomic E-state index is -0.658. The number of rotatable bonds is 12. The molecule has 2 aromatic heterocycles. The van der Waals surface area contributed by atoms with Gasteiger partial charge in [0.15, 0.2) is 17.2 Å². The van der Waals surface area contributed by atoms with Crippen molar-refractivity contribution in [2.75, 3.05) is 12.3 Å². The first-order valence-electron chi connectivity index (χ1n) is 12.7. The first-order chi connectivity index (χ1) is 20.5. The Balaban J connectivity index is 1.30. The van der Waals surface area contributed by atoms with Gasteiger partial charge in [-0.25, -0.2) is 14.4 Å². The summed E-state index contributed by atoms with van der Waals surface area (Å²) in [7, 11) is 0. The van der Waals surface area contributed by atoms with Crippen LogP contribution in [0, 0.1) is 5.82 Å². The van der Waals surface area contributed by atoms with Crippen LogP contribution in [0.1, 0.15) is 34.2 Å². The van der Waals surface area contributed by atoms with Gasteiger partial charge in [0, 0.05) is 5.56 Å². The number of halogens is 1. The fourth-order valence-electron chi connectivity index (χ4n) is 3.77. The standard InChI is InChI=1S/C28H25FN8O5/c1-2-39-24-14-18(12-13-23(24)41-16-19-8-6-7-11-21(19)29)15-31-33-28(38)25-22(17-40-20-9-4-3-5-10-20)37(36-32-25)27-26(30)34-42-35-27/h3-15H,2,16-17H2,1H3,(H2,30,34)(H,33,38)/b31-15-. The lowest BCUT2D eigenvalue weighted by atomic mass is 10.2. The van der Waals surface area contributed by atoms with Crippen molar-refractivity contribution in [1.82, 2.24) is 30.7 Å². The number of hydrazone groups is 1. The zero-order valence-corrected chi connectivity index (χ0v) is 22.3. The van der Waals surface area contributed by atoms with Crippen molar-refractivity contribution in [3.63, 3.8) is 0 Å². The lowest BCUT2D eigenvalue weighted by molar-refractivity contribution is 0.0947. The summed E-state index contributed by atoms with van der Waals surface area (Å²) in [5.74, 6) is 0.427. The molecular formula is C28H25FN8O5. The molecule has 13 nitrogen and oxygen atoms in total. The number of amides is 1. The number of aromatic nitrogens is 5. The highest BCUT2D eigenvalue weighted by molar-refractivity contribution is 5.94. The highest BCUT2D eigenvalue weighted by Crippen LogP contribution is 2.29. The second kappa shape index (κ2) is 13.0. The summed E-state index contributed by atoms with van der Waals surface area (Å²) < 4.78 is 37.1. The fourth-order valence-corrected chi connectivity index (χ4v) is 3.77. The highest BCUT2D eigenvalue weighted by Gasteiger charge is 2.24. The Bertz CT molecular complexity index is 1690. The predicted octanol–water partition coefficient (Wildman–Crippen LogP) is 3.69. The predicted molar refractivity (Wildman–Crippen MR) is 148 cm³/mol. The fraction of sp³-hybridized carbons (Fsp3) is 0.143. The van der Waals surface area contributed by atoms with Crippen LogP contribution in [0.25, 0.3) is 5.82 Å². The number of ether oxygens (including phenoxy) is 3. The first kappa shape index (κ1) is 27.8. The van der Waals surface area contributed by atoms with Crippen molar-refractivity contribution in [2.24, 2.45) is 5.10 Å². The van der Waals surface area contributed by atoms with Crippen LogP contribution in [0.15, 0.2) is 82.5 Å². The van der Waals surface area contributed by atoms with Crippen LogP contribution in [0.3, 0.4) is 0 Å². The van der Waals surface area contributed by atoms with Gasteiger partial charge in [0.2, 0.25) is 11.6 Å². The number of nitrogens with one attached hydrogen (secondary N) is 1. The van der Waals surface area contributed by atoms with Gasteiger partial charge in [0.05, 0.1) is 12.8 Å². The maximum Gasteiger partial charge on any atom is 0.293 e. The Kier molecular flexibility index (Phi) is 8.62. The molecule has 0 aliphatic rings. The van der Waals surface area contributed by atoms with E-state index in [4.69, 9.17) is 19.9 Å². The number of nitrogens with zero attached hydrogens (tertiary/aromatic N) is 6. The number of nitrogens with two attached hydrogens (primary N) is 1. The maximum atomic E-state index is 14.0. The number of carbonyl (C=O) groups excluding carboxylic acids is 1. The minimum absolute atomic E-state index is 0.0310. The van der Waals surface area contributed by atoms with E-state index in [-0.39, 0.29) is 42.1 Å². The van der Waals surface area contributed by atoms with Crippen molar-refractivity contribution in [3.05, 3.63) is 101 Å². The average Bonchev–Trinajstić information content (AvgIpc) is 3.62. The normalized spacial score (nSPS) is 11.0. The lowest BCUT2D eigenvalue weighted by Crippen LogP contribution is -2.21. The van der Waals surface area contributed by atoms with Crippen LogP contribution in [-0.4, -0.2) is 44.0 Å². The molecule has 0 aliphatic carbocycles. The molecule has 42 heavy (non-hydrogen) atoms. The zero-order chi connectivity index (χ0) is 29.3. The van der Waals surface area contributed by atoms with Gasteiger partial charge >= 0.3 is 0 Å². The van der Waals surface area contributed by atoms with Gasteiger partial charge < -0.3 is 19.9 Å². The van der Waals surface area contributed by atoms with Gasteiger partial charge in [-0.1, -0.05) is 41.6 Å². The summed E-state index contributed by atoms with van der Waals surface area (Å²) in [5, 5.41) is 19.3. The molecule has 0 spiro atoms. The first-order valence-corrected chi connectivity index (χ1v) is 12.7. The van der Waals surface area contributed by atoms with E-state index in [0.717, 1.165) is 0 Å². The smallest absolute Gasteiger partial charge is 0.293 e. The molecule has 0 unspecified atom stereocenters. The molecule has 0 bridgehead atoms. The van der Waals surface area contributed by atoms with Crippen molar-refractivity contribution < 1.29 is 28.0 Å². The minimum Gasteiger partial charge on any atom is -0.490 e. The number of para-hydroxylation sites is 1. The SMILES string of the molecule is CCOc1cc(/C=N\NC(=O)c2nnn(-c3nonc3N)c2COc2ccccc2)ccc1OCc1ccccc1F. The molecule has 0 saturated carbocycles. The molecule has 0 fully saturated rings. The molecule has 1 amide bonds. The molecule has 5 rings (SSSR count). The van der Waals surface area contributed by atoms with Gasteiger partial charge in [-0.15, -0.1) is 5.10 Å². The van der Waals surface area contributed by atoms with Crippen LogP contribution >= 0.6 is 0 Å². The number of nitrogen functional groups attached to an aromatic ring is 1. The molecule has 0 saturated heterocycles. The number of hydrogen-bond donors (Lipinski definition) is 2. The second-order valence-electron chi connectivity index (χ2n) is 8.59. The second-order valence-corrected chi connectivity index (χ2v) is 8.59. The summed E-state index contributed by atoms with van der Waals surface area (Å²) in [5.41, 5.74) is 9.45. The maximum absolute atomic E-state index is 14.0. The topological polar surface area (TPSA) is 165 Å². The molecule has 3 N–H and O–H groups in total. The van der Waals surface area contributed by atoms with Crippen LogP contribution in [0.2, 0.25) is 0 Å². The van der Waals surface area contributed by atoms with E-state index in [9.17, 15) is 9.18 Å². The van der Waals surface area contributed by atoms with E-state index < -0.39 is 5.91 Å². The van der Waals surface area contributed by atoms with Crippen molar-refractivity contribution in [3.8, 4) is 23.1 Å². The van der Waals surface area contributed by atoms with Gasteiger partial charge in [-0.2, -0.15) is 9.78 Å². The van der Waals surface area contributed by atoms with E-state index in [1.165, 1.54) is 17.0 Å². The van der Waals surface area contributed by atoms with E-state index >= 15 is 0 Å². The van der Waals surface area contributed by atoms with E-state index in [2.05, 4.69) is 35.8 Å². The van der Waals surface area contributed by atoms with E-state index in [1.807, 2.05) is 25.1 Å². The zero-order valence-electron chi connectivity index (χ0n) is 22.3. The molecule has 0 atom stereocenters. The average molecular weight is 573 g/mol. The molecule has 0 radical (unpaired) electrons. The quantitative estimate of drug-likeness (QED) is 0.166. The van der Waals surface area contributed by atoms with Crippen molar-refractivity contribution in [2.45, 2.75) is 20.1 Å². The monoisotopic (exact) mass is 572 g/mol. The molecule has 5 aromatic rings. The number of carbonyl (C=O) groups is 1. The van der Waals surface area contributed by atoms with Gasteiger partial charge in [0.1, 0.15) is 30.5 Å². The summed E-state index contributed by atoms with van der Waals surface area (Å²) in [6.45, 7) is 2.14. The Morgan fingerprint density at radius 2 is 1.83 bits per heavy atom. The number of anilines is 1. The molecular weight excluding hydrogens is 547 g/mol. The van der Waals surface area contributed by atoms with Crippen LogP contribution < -0.4 is 25.4 Å². The lowest BCUT2D eigenvalue weighted by Gasteiger charge is -2.13. The number of hydrogen-bond acceptors (Lipinski definition) is 11. The molecule has 214 valence electrons. The third-order valence-corrected chi connectivity index (χ3v) is 5.78. The third kappa shape index (κ3) is 6.50. The van der Waals surface area contributed by atoms with Gasteiger partial charge in [-0.05, 0) is 59.2 Å². The molecule has 14 heteroatoms. The van der Waals surface area contributed by atoms with Crippen LogP contribution in [-0.2, 0) is 13.2 Å². The van der Waals surface area contributed by atoms with Gasteiger partial charge in [-0.3, -0.25) is 4.79 Å². The van der Waals surface area contributed by atoms with Crippen LogP contribution in [0.5, 0.6) is 17.2 Å². The summed E-state index contributed by atoms with van der Waals surface area (Å²) in [6, 6.07) is 20.4. The highest BCUT2D eigenvalue weighted by atomic mass is 19.1. The Labute approximate surface area is 238 Å². The molecule has 2 heterocycles. The molecule has 0 aliphatic heterocycles. The van der Waals surface area contributed by atoms with Crippen molar-refractivity contribution in [1.29, 1.82) is 0 Å². The Morgan fingerprint density at radius 3 is 2.60 bits per heavy atom. The number of benzene rings is 3. The Hall–Kier alpha value is -5.79. The third-order valence-electron chi connectivity index (χ3n) is 5.78. The molecule has 3 aromatic carbocycles. The van der Waals surface area contributed by atoms with Gasteiger partial charge in [0.25, 0.3) is 5.91 Å². The van der Waals surface area contributed by atoms with Crippen LogP contribution in [0.4, 0.5) is 10.2 Å². The Morgan fingerprint density at radius 1 is 1.02 bits per heavy atom. The largest absolute Gasteiger partial charge is 0.490 e. The summed E-state index contributed by atoms with van der Waals surface area (Å²) >= 11 is 0. The van der Waals surface area contributed by atoms with Crippen molar-refractivity contribution >= 4 is 17.9 Å². The summed E-state index contributed by atoms with van der Waals surface area (Å²) in [6.07, 6.45) is 1.42. The van der Waals surface area contributed by atoms with E-state index in [1.54, 1.807) is 48.5 Å². The van der Waals surface area contributed by atoms with E-state index in [0.29, 0.717) is 35.0 Å². The summed E-state index contributed by atoms with van der Waals surface area (Å²) in [4.78, 5) is 13.0.